The van der Waals surface area contributed by atoms with Crippen LogP contribution in [0.4, 0.5) is 18.0 Å². The van der Waals surface area contributed by atoms with Gasteiger partial charge in [0.1, 0.15) is 0 Å². The van der Waals surface area contributed by atoms with E-state index in [4.69, 9.17) is 0 Å². The number of aryl methyl sites for hydroxylation is 1. The van der Waals surface area contributed by atoms with E-state index in [1.165, 1.54) is 4.90 Å². The zero-order chi connectivity index (χ0) is 22.8. The molecule has 3 rings (SSSR count). The molecule has 0 aromatic heterocycles. The minimum atomic E-state index is -4.58. The third-order valence-electron chi connectivity index (χ3n) is 6.46. The summed E-state index contributed by atoms with van der Waals surface area (Å²) in [5, 5.41) is 9.92. The molecule has 1 aromatic rings. The van der Waals surface area contributed by atoms with Gasteiger partial charge in [-0.25, -0.2) is 4.79 Å². The fourth-order valence-corrected chi connectivity index (χ4v) is 4.50. The summed E-state index contributed by atoms with van der Waals surface area (Å²) in [6.45, 7) is 4.91. The predicted molar refractivity (Wildman–Crippen MR) is 108 cm³/mol. The molecule has 6 nitrogen and oxygen atoms in total. The first kappa shape index (κ1) is 23.4. The number of carbonyl (C=O) groups is 2. The van der Waals surface area contributed by atoms with E-state index in [9.17, 15) is 27.9 Å². The highest BCUT2D eigenvalue weighted by Gasteiger charge is 2.44. The maximum absolute atomic E-state index is 12.6. The normalized spacial score (nSPS) is 20.5. The molecule has 1 atom stereocenters. The number of hydrogen-bond donors (Lipinski definition) is 1. The first-order valence-electron chi connectivity index (χ1n) is 10.6. The SMILES string of the molecule is Cc1ccc(CN2CCN(C(=O)OC(C)C(F)(F)F)CC2)cc1C1(C(=O)O)CCCC1. The monoisotopic (exact) mass is 442 g/mol. The maximum atomic E-state index is 12.6. The van der Waals surface area contributed by atoms with Gasteiger partial charge < -0.3 is 14.7 Å². The number of ether oxygens (including phenoxy) is 1. The summed E-state index contributed by atoms with van der Waals surface area (Å²) >= 11 is 0. The van der Waals surface area contributed by atoms with Crippen molar-refractivity contribution in [3.63, 3.8) is 0 Å². The van der Waals surface area contributed by atoms with Crippen molar-refractivity contribution < 1.29 is 32.6 Å². The molecule has 1 saturated heterocycles. The Kier molecular flexibility index (Phi) is 6.83. The topological polar surface area (TPSA) is 70.1 Å². The van der Waals surface area contributed by atoms with Gasteiger partial charge in [-0.05, 0) is 43.4 Å². The van der Waals surface area contributed by atoms with Crippen LogP contribution >= 0.6 is 0 Å². The van der Waals surface area contributed by atoms with Crippen molar-refractivity contribution >= 4 is 12.1 Å². The van der Waals surface area contributed by atoms with E-state index >= 15 is 0 Å². The fraction of sp³-hybridized carbons (Fsp3) is 0.636. The molecule has 172 valence electrons. The lowest BCUT2D eigenvalue weighted by Crippen LogP contribution is -2.49. The third-order valence-corrected chi connectivity index (χ3v) is 6.46. The van der Waals surface area contributed by atoms with Crippen LogP contribution in [0.3, 0.4) is 0 Å². The molecule has 0 radical (unpaired) electrons. The van der Waals surface area contributed by atoms with Crippen molar-refractivity contribution in [2.45, 2.75) is 63.8 Å². The van der Waals surface area contributed by atoms with Crippen LogP contribution in [0.5, 0.6) is 0 Å². The molecule has 31 heavy (non-hydrogen) atoms. The Morgan fingerprint density at radius 1 is 1.16 bits per heavy atom. The molecule has 9 heteroatoms. The Morgan fingerprint density at radius 3 is 2.32 bits per heavy atom. The van der Waals surface area contributed by atoms with Crippen molar-refractivity contribution in [1.82, 2.24) is 9.80 Å². The van der Waals surface area contributed by atoms with Crippen LogP contribution in [-0.2, 0) is 21.5 Å². The number of amides is 1. The Bertz CT molecular complexity index is 813. The van der Waals surface area contributed by atoms with Gasteiger partial charge in [0.25, 0.3) is 0 Å². The van der Waals surface area contributed by atoms with Gasteiger partial charge in [-0.3, -0.25) is 9.69 Å². The van der Waals surface area contributed by atoms with Gasteiger partial charge in [0.15, 0.2) is 6.10 Å². The molecule has 2 aliphatic rings. The smallest absolute Gasteiger partial charge is 0.425 e. The second kappa shape index (κ2) is 9.06. The average Bonchev–Trinajstić information content (AvgIpc) is 3.20. The average molecular weight is 442 g/mol. The van der Waals surface area contributed by atoms with Gasteiger partial charge in [0, 0.05) is 32.7 Å². The summed E-state index contributed by atoms with van der Waals surface area (Å²) < 4.78 is 42.3. The first-order chi connectivity index (χ1) is 14.5. The number of nitrogens with zero attached hydrogens (tertiary/aromatic N) is 2. The quantitative estimate of drug-likeness (QED) is 0.744. The number of carbonyl (C=O) groups excluding carboxylic acids is 1. The van der Waals surface area contributed by atoms with Crippen molar-refractivity contribution in [3.05, 3.63) is 34.9 Å². The Balaban J connectivity index is 1.61. The standard InChI is InChI=1S/C22H29F3N2O4/c1-15-5-6-17(13-18(15)21(19(28)29)7-3-4-8-21)14-26-9-11-27(12-10-26)20(30)31-16(2)22(23,24)25/h5-6,13,16H,3-4,7-12,14H2,1-2H3,(H,28,29). The summed E-state index contributed by atoms with van der Waals surface area (Å²) in [5.74, 6) is -0.773. The number of benzene rings is 1. The van der Waals surface area contributed by atoms with Crippen molar-refractivity contribution in [1.29, 1.82) is 0 Å². The molecule has 2 fully saturated rings. The lowest BCUT2D eigenvalue weighted by molar-refractivity contribution is -0.200. The van der Waals surface area contributed by atoms with E-state index in [1.54, 1.807) is 0 Å². The zero-order valence-corrected chi connectivity index (χ0v) is 17.9. The molecule has 1 N–H and O–H groups in total. The molecule has 1 amide bonds. The fourth-order valence-electron chi connectivity index (χ4n) is 4.50. The highest BCUT2D eigenvalue weighted by Crippen LogP contribution is 2.43. The molecular formula is C22H29F3N2O4. The molecule has 1 aliphatic carbocycles. The number of alkyl halides is 3. The van der Waals surface area contributed by atoms with Crippen LogP contribution in [0.2, 0.25) is 0 Å². The third kappa shape index (κ3) is 5.14. The molecule has 1 unspecified atom stereocenters. The van der Waals surface area contributed by atoms with E-state index in [0.717, 1.165) is 36.5 Å². The van der Waals surface area contributed by atoms with Crippen LogP contribution in [0.25, 0.3) is 0 Å². The van der Waals surface area contributed by atoms with Crippen LogP contribution < -0.4 is 0 Å². The highest BCUT2D eigenvalue weighted by atomic mass is 19.4. The van der Waals surface area contributed by atoms with Gasteiger partial charge in [-0.2, -0.15) is 13.2 Å². The molecule has 0 spiro atoms. The summed E-state index contributed by atoms with van der Waals surface area (Å²) in [6, 6.07) is 5.93. The van der Waals surface area contributed by atoms with Gasteiger partial charge in [-0.15, -0.1) is 0 Å². The maximum Gasteiger partial charge on any atom is 0.425 e. The molecule has 1 heterocycles. The highest BCUT2D eigenvalue weighted by molar-refractivity contribution is 5.82. The Morgan fingerprint density at radius 2 is 1.77 bits per heavy atom. The number of carboxylic acid groups (broad SMARTS) is 1. The number of carboxylic acids is 1. The van der Waals surface area contributed by atoms with Gasteiger partial charge in [0.05, 0.1) is 5.41 Å². The summed E-state index contributed by atoms with van der Waals surface area (Å²) in [4.78, 5) is 27.5. The van der Waals surface area contributed by atoms with Gasteiger partial charge in [-0.1, -0.05) is 31.0 Å². The second-order valence-electron chi connectivity index (χ2n) is 8.57. The number of rotatable bonds is 5. The summed E-state index contributed by atoms with van der Waals surface area (Å²) in [7, 11) is 0. The summed E-state index contributed by atoms with van der Waals surface area (Å²) in [6.07, 6.45) is -4.57. The number of hydrogen-bond acceptors (Lipinski definition) is 4. The van der Waals surface area contributed by atoms with Gasteiger partial charge in [0.2, 0.25) is 0 Å². The van der Waals surface area contributed by atoms with Crippen molar-refractivity contribution in [2.24, 2.45) is 0 Å². The predicted octanol–water partition coefficient (Wildman–Crippen LogP) is 4.10. The minimum absolute atomic E-state index is 0.279. The molecule has 1 saturated carbocycles. The Hall–Kier alpha value is -2.29. The molecular weight excluding hydrogens is 413 g/mol. The van der Waals surface area contributed by atoms with E-state index in [-0.39, 0.29) is 13.1 Å². The zero-order valence-electron chi connectivity index (χ0n) is 17.9. The van der Waals surface area contributed by atoms with Crippen molar-refractivity contribution in [2.75, 3.05) is 26.2 Å². The molecule has 0 bridgehead atoms. The van der Waals surface area contributed by atoms with E-state index < -0.39 is 29.8 Å². The first-order valence-corrected chi connectivity index (χ1v) is 10.6. The molecule has 1 aliphatic heterocycles. The lowest BCUT2D eigenvalue weighted by atomic mass is 9.76. The minimum Gasteiger partial charge on any atom is -0.481 e. The number of halogens is 3. The van der Waals surface area contributed by atoms with Gasteiger partial charge >= 0.3 is 18.2 Å². The van der Waals surface area contributed by atoms with E-state index in [0.29, 0.717) is 32.5 Å². The largest absolute Gasteiger partial charge is 0.481 e. The van der Waals surface area contributed by atoms with Crippen molar-refractivity contribution in [3.8, 4) is 0 Å². The van der Waals surface area contributed by atoms with Crippen LogP contribution in [0.1, 0.15) is 49.3 Å². The van der Waals surface area contributed by atoms with Crippen LogP contribution in [-0.4, -0.2) is 65.4 Å². The number of aliphatic carboxylic acids is 1. The second-order valence-corrected chi connectivity index (χ2v) is 8.57. The van der Waals surface area contributed by atoms with Crippen LogP contribution in [0, 0.1) is 6.92 Å². The summed E-state index contributed by atoms with van der Waals surface area (Å²) in [5.41, 5.74) is 2.02. The lowest BCUT2D eigenvalue weighted by Gasteiger charge is -2.35. The molecule has 1 aromatic carbocycles. The van der Waals surface area contributed by atoms with E-state index in [1.807, 2.05) is 25.1 Å². The van der Waals surface area contributed by atoms with E-state index in [2.05, 4.69) is 9.64 Å². The Labute approximate surface area is 180 Å². The van der Waals surface area contributed by atoms with Crippen LogP contribution in [0.15, 0.2) is 18.2 Å². The number of piperazine rings is 1.